The number of carbonyl (C=O) groups is 1. The number of hydrogen-bond donors (Lipinski definition) is 1. The number of likely N-dealkylation sites (tertiary alicyclic amines) is 1. The molecule has 0 unspecified atom stereocenters. The van der Waals surface area contributed by atoms with Crippen LogP contribution in [0.4, 0.5) is 4.79 Å². The van der Waals surface area contributed by atoms with Crippen molar-refractivity contribution in [2.45, 2.75) is 39.2 Å². The number of hydrogen-bond acceptors (Lipinski definition) is 1. The van der Waals surface area contributed by atoms with Crippen molar-refractivity contribution >= 4 is 6.09 Å². The van der Waals surface area contributed by atoms with E-state index in [1.807, 2.05) is 20.8 Å². The van der Waals surface area contributed by atoms with Gasteiger partial charge in [-0.25, -0.2) is 4.48 Å². The summed E-state index contributed by atoms with van der Waals surface area (Å²) in [5.74, 6) is 0. The van der Waals surface area contributed by atoms with Crippen molar-refractivity contribution in [1.82, 2.24) is 0 Å². The van der Waals surface area contributed by atoms with E-state index in [9.17, 15) is 9.90 Å². The van der Waals surface area contributed by atoms with E-state index in [1.165, 1.54) is 0 Å². The standard InChI is InChI=1S/C9H17NO2/c1-9(2,3)10(8(11)12)6-4-5-7-10/h4-7H2,1-3H3/p+1. The third kappa shape index (κ3) is 1.22. The van der Waals surface area contributed by atoms with Gasteiger partial charge in [0, 0.05) is 12.8 Å². The Kier molecular flexibility index (Phi) is 2.17. The molecule has 0 saturated carbocycles. The smallest absolute Gasteiger partial charge is 0.435 e. The average molecular weight is 172 g/mol. The summed E-state index contributed by atoms with van der Waals surface area (Å²) >= 11 is 0. The highest BCUT2D eigenvalue weighted by Gasteiger charge is 2.49. The van der Waals surface area contributed by atoms with E-state index in [2.05, 4.69) is 0 Å². The summed E-state index contributed by atoms with van der Waals surface area (Å²) in [4.78, 5) is 11.1. The van der Waals surface area contributed by atoms with Gasteiger partial charge in [-0.2, -0.15) is 4.79 Å². The monoisotopic (exact) mass is 172 g/mol. The van der Waals surface area contributed by atoms with Crippen LogP contribution in [0.2, 0.25) is 0 Å². The maximum atomic E-state index is 11.1. The van der Waals surface area contributed by atoms with E-state index in [4.69, 9.17) is 0 Å². The molecule has 0 spiro atoms. The SMILES string of the molecule is CC(C)(C)[N+]1(C(=O)O)CCCC1. The van der Waals surface area contributed by atoms with Crippen LogP contribution in [-0.4, -0.2) is 34.3 Å². The zero-order valence-electron chi connectivity index (χ0n) is 8.13. The van der Waals surface area contributed by atoms with Crippen LogP contribution in [0.1, 0.15) is 33.6 Å². The molecule has 1 aliphatic rings. The Morgan fingerprint density at radius 1 is 1.25 bits per heavy atom. The van der Waals surface area contributed by atoms with E-state index in [0.29, 0.717) is 0 Å². The predicted molar refractivity (Wildman–Crippen MR) is 47.0 cm³/mol. The van der Waals surface area contributed by atoms with Crippen LogP contribution in [0.5, 0.6) is 0 Å². The Hall–Kier alpha value is -0.570. The quantitative estimate of drug-likeness (QED) is 0.568. The van der Waals surface area contributed by atoms with E-state index in [1.54, 1.807) is 0 Å². The minimum absolute atomic E-state index is 0.164. The van der Waals surface area contributed by atoms with Gasteiger partial charge in [-0.15, -0.1) is 0 Å². The van der Waals surface area contributed by atoms with Gasteiger partial charge in [0.1, 0.15) is 5.54 Å². The second-order valence-electron chi connectivity index (χ2n) is 4.58. The summed E-state index contributed by atoms with van der Waals surface area (Å²) in [7, 11) is 0. The largest absolute Gasteiger partial charge is 0.513 e. The molecule has 3 nitrogen and oxygen atoms in total. The van der Waals surface area contributed by atoms with Gasteiger partial charge in [0.15, 0.2) is 0 Å². The molecule has 1 fully saturated rings. The summed E-state index contributed by atoms with van der Waals surface area (Å²) < 4.78 is 0.243. The Bertz CT molecular complexity index is 187. The molecular formula is C9H18NO2+. The highest BCUT2D eigenvalue weighted by molar-refractivity contribution is 5.57. The molecule has 0 bridgehead atoms. The fourth-order valence-corrected chi connectivity index (χ4v) is 2.02. The van der Waals surface area contributed by atoms with Crippen LogP contribution in [0, 0.1) is 0 Å². The predicted octanol–water partition coefficient (Wildman–Crippen LogP) is 2.07. The zero-order valence-corrected chi connectivity index (χ0v) is 8.13. The second kappa shape index (κ2) is 2.73. The molecule has 1 N–H and O–H groups in total. The Labute approximate surface area is 73.6 Å². The lowest BCUT2D eigenvalue weighted by Gasteiger charge is -2.40. The molecule has 0 aromatic rings. The average Bonchev–Trinajstić information content (AvgIpc) is 2.31. The molecular weight excluding hydrogens is 154 g/mol. The topological polar surface area (TPSA) is 37.3 Å². The highest BCUT2D eigenvalue weighted by Crippen LogP contribution is 2.31. The maximum absolute atomic E-state index is 11.1. The number of nitrogens with zero attached hydrogens (tertiary/aromatic N) is 1. The molecule has 0 aromatic carbocycles. The first-order valence-electron chi connectivity index (χ1n) is 4.51. The molecule has 0 aliphatic carbocycles. The lowest BCUT2D eigenvalue weighted by molar-refractivity contribution is -0.892. The van der Waals surface area contributed by atoms with Crippen molar-refractivity contribution in [3.05, 3.63) is 0 Å². The molecule has 0 aromatic heterocycles. The normalized spacial score (nSPS) is 22.6. The third-order valence-electron chi connectivity index (χ3n) is 2.98. The number of amides is 1. The number of carboxylic acid groups (broad SMARTS) is 1. The van der Waals surface area contributed by atoms with Crippen molar-refractivity contribution in [3.63, 3.8) is 0 Å². The fraction of sp³-hybridized carbons (Fsp3) is 0.889. The van der Waals surface area contributed by atoms with Crippen LogP contribution in [0.15, 0.2) is 0 Å². The van der Waals surface area contributed by atoms with Crippen LogP contribution in [0.3, 0.4) is 0 Å². The van der Waals surface area contributed by atoms with Crippen molar-refractivity contribution in [2.75, 3.05) is 13.1 Å². The minimum atomic E-state index is -0.667. The fourth-order valence-electron chi connectivity index (χ4n) is 2.02. The summed E-state index contributed by atoms with van der Waals surface area (Å²) in [6.07, 6.45) is 1.42. The Morgan fingerprint density at radius 3 is 1.83 bits per heavy atom. The zero-order chi connectivity index (χ0) is 9.41. The van der Waals surface area contributed by atoms with Crippen LogP contribution in [-0.2, 0) is 0 Å². The Balaban J connectivity index is 2.94. The van der Waals surface area contributed by atoms with Gasteiger partial charge in [0.05, 0.1) is 13.1 Å². The minimum Gasteiger partial charge on any atom is -0.435 e. The molecule has 1 rings (SSSR count). The summed E-state index contributed by atoms with van der Waals surface area (Å²) in [5, 5.41) is 9.17. The molecule has 1 amide bonds. The van der Waals surface area contributed by atoms with Gasteiger partial charge in [-0.3, -0.25) is 0 Å². The molecule has 1 heterocycles. The molecule has 1 saturated heterocycles. The first kappa shape index (κ1) is 9.52. The molecule has 70 valence electrons. The second-order valence-corrected chi connectivity index (χ2v) is 4.58. The first-order valence-corrected chi connectivity index (χ1v) is 4.51. The molecule has 0 radical (unpaired) electrons. The molecule has 12 heavy (non-hydrogen) atoms. The van der Waals surface area contributed by atoms with Gasteiger partial charge < -0.3 is 5.11 Å². The van der Waals surface area contributed by atoms with Crippen LogP contribution in [0.25, 0.3) is 0 Å². The third-order valence-corrected chi connectivity index (χ3v) is 2.98. The van der Waals surface area contributed by atoms with E-state index in [-0.39, 0.29) is 10.0 Å². The lowest BCUT2D eigenvalue weighted by Crippen LogP contribution is -2.61. The number of quaternary nitrogens is 1. The highest BCUT2D eigenvalue weighted by atomic mass is 16.4. The molecule has 0 atom stereocenters. The van der Waals surface area contributed by atoms with E-state index < -0.39 is 6.09 Å². The Morgan fingerprint density at radius 2 is 1.67 bits per heavy atom. The van der Waals surface area contributed by atoms with Gasteiger partial charge >= 0.3 is 6.09 Å². The lowest BCUT2D eigenvalue weighted by atomic mass is 10.0. The van der Waals surface area contributed by atoms with Gasteiger partial charge in [0.2, 0.25) is 0 Å². The van der Waals surface area contributed by atoms with Gasteiger partial charge in [-0.1, -0.05) is 0 Å². The summed E-state index contributed by atoms with van der Waals surface area (Å²) in [6, 6.07) is 0. The van der Waals surface area contributed by atoms with Crippen molar-refractivity contribution < 1.29 is 14.4 Å². The van der Waals surface area contributed by atoms with Gasteiger partial charge in [0.25, 0.3) is 0 Å². The summed E-state index contributed by atoms with van der Waals surface area (Å²) in [5.41, 5.74) is -0.164. The maximum Gasteiger partial charge on any atom is 0.513 e. The van der Waals surface area contributed by atoms with Crippen LogP contribution >= 0.6 is 0 Å². The first-order chi connectivity index (χ1) is 5.40. The van der Waals surface area contributed by atoms with Crippen LogP contribution < -0.4 is 0 Å². The van der Waals surface area contributed by atoms with Gasteiger partial charge in [-0.05, 0) is 20.8 Å². The summed E-state index contributed by atoms with van der Waals surface area (Å²) in [6.45, 7) is 7.60. The van der Waals surface area contributed by atoms with Crippen molar-refractivity contribution in [3.8, 4) is 0 Å². The van der Waals surface area contributed by atoms with E-state index >= 15 is 0 Å². The van der Waals surface area contributed by atoms with Crippen molar-refractivity contribution in [1.29, 1.82) is 0 Å². The van der Waals surface area contributed by atoms with E-state index in [0.717, 1.165) is 25.9 Å². The number of rotatable bonds is 0. The van der Waals surface area contributed by atoms with Crippen molar-refractivity contribution in [2.24, 2.45) is 0 Å². The molecule has 1 aliphatic heterocycles. The molecule has 3 heteroatoms.